The fourth-order valence-corrected chi connectivity index (χ4v) is 20.4. The van der Waals surface area contributed by atoms with Crippen molar-refractivity contribution in [1.29, 1.82) is 0 Å². The van der Waals surface area contributed by atoms with E-state index in [0.29, 0.717) is 0 Å². The summed E-state index contributed by atoms with van der Waals surface area (Å²) < 4.78 is 7.03. The van der Waals surface area contributed by atoms with Crippen molar-refractivity contribution < 1.29 is 0 Å². The van der Waals surface area contributed by atoms with E-state index in [0.717, 1.165) is 12.3 Å². The van der Waals surface area contributed by atoms with E-state index < -0.39 is 18.7 Å². The first-order valence-electron chi connectivity index (χ1n) is 9.02. The summed E-state index contributed by atoms with van der Waals surface area (Å²) in [5.74, 6) is 0.773. The van der Waals surface area contributed by atoms with Crippen LogP contribution in [0.3, 0.4) is 0 Å². The Morgan fingerprint density at radius 2 is 1.40 bits per heavy atom. The SMILES string of the molecule is CCC[CH2][Sn]([CH2]CCC)([CH2]CCC)[N]1CCCCC1=[N]. The van der Waals surface area contributed by atoms with Gasteiger partial charge < -0.3 is 0 Å². The molecule has 0 aliphatic carbocycles. The van der Waals surface area contributed by atoms with E-state index in [9.17, 15) is 5.41 Å². The van der Waals surface area contributed by atoms with Crippen molar-refractivity contribution >= 4 is 24.5 Å². The molecule has 0 saturated carbocycles. The van der Waals surface area contributed by atoms with Crippen molar-refractivity contribution in [3.8, 4) is 0 Å². The molecule has 0 atom stereocenters. The van der Waals surface area contributed by atoms with Crippen LogP contribution in [0, 0.1) is 0 Å². The van der Waals surface area contributed by atoms with Crippen LogP contribution in [-0.2, 0) is 0 Å². The zero-order valence-corrected chi connectivity index (χ0v) is 16.9. The van der Waals surface area contributed by atoms with Gasteiger partial charge in [0.05, 0.1) is 0 Å². The molecule has 1 heterocycles. The monoisotopic (exact) mass is 387 g/mol. The van der Waals surface area contributed by atoms with Gasteiger partial charge in [0.2, 0.25) is 0 Å². The van der Waals surface area contributed by atoms with E-state index in [1.165, 1.54) is 71.2 Å². The number of hydrogen-bond acceptors (Lipinski definition) is 0. The van der Waals surface area contributed by atoms with E-state index in [-0.39, 0.29) is 0 Å². The third kappa shape index (κ3) is 5.23. The molecular weight excluding hydrogens is 351 g/mol. The Balaban J connectivity index is 2.87. The summed E-state index contributed by atoms with van der Waals surface area (Å²) in [5, 5.41) is 10.5. The molecule has 0 aromatic carbocycles. The molecule has 0 spiro atoms. The average Bonchev–Trinajstić information content (AvgIpc) is 2.48. The third-order valence-electron chi connectivity index (χ3n) is 4.90. The first kappa shape index (κ1) is 18.3. The second-order valence-electron chi connectivity index (χ2n) is 6.56. The van der Waals surface area contributed by atoms with Crippen molar-refractivity contribution in [3.05, 3.63) is 0 Å². The van der Waals surface area contributed by atoms with E-state index in [4.69, 9.17) is 0 Å². The van der Waals surface area contributed by atoms with E-state index in [1.54, 1.807) is 0 Å². The van der Waals surface area contributed by atoms with Gasteiger partial charge >= 0.3 is 131 Å². The number of piperidine rings is 1. The fraction of sp³-hybridized carbons (Fsp3) is 0.941. The van der Waals surface area contributed by atoms with Gasteiger partial charge in [-0.15, -0.1) is 0 Å². The van der Waals surface area contributed by atoms with Crippen LogP contribution in [0.5, 0.6) is 0 Å². The number of hydrogen-bond donors (Lipinski definition) is 0. The Morgan fingerprint density at radius 1 is 0.900 bits per heavy atom. The van der Waals surface area contributed by atoms with Crippen LogP contribution in [-0.4, -0.2) is 34.2 Å². The van der Waals surface area contributed by atoms with Gasteiger partial charge in [-0.3, -0.25) is 0 Å². The standard InChI is InChI=1S/C5H8N2.3C4H9.Sn/c6-5-3-1-2-4-7-5;3*1-3-4-2;/h1-4H2;3*1,3-4H2,2H3;/q-1;;;;+1. The van der Waals surface area contributed by atoms with Gasteiger partial charge in [-0.05, 0) is 0 Å². The summed E-state index contributed by atoms with van der Waals surface area (Å²) in [6.45, 7) is 8.11. The summed E-state index contributed by atoms with van der Waals surface area (Å²) in [7, 11) is 0. The molecule has 0 bridgehead atoms. The summed E-state index contributed by atoms with van der Waals surface area (Å²) in [6, 6.07) is 0. The molecule has 2 nitrogen and oxygen atoms in total. The zero-order chi connectivity index (χ0) is 14.8. The van der Waals surface area contributed by atoms with Crippen LogP contribution in [0.15, 0.2) is 0 Å². The molecule has 20 heavy (non-hydrogen) atoms. The number of unbranched alkanes of at least 4 members (excludes halogenated alkanes) is 3. The van der Waals surface area contributed by atoms with E-state index in [2.05, 4.69) is 23.9 Å². The Hall–Kier alpha value is 0.269. The predicted molar refractivity (Wildman–Crippen MR) is 92.6 cm³/mol. The van der Waals surface area contributed by atoms with Crippen LogP contribution < -0.4 is 5.41 Å². The summed E-state index contributed by atoms with van der Waals surface area (Å²) >= 11 is -2.35. The predicted octanol–water partition coefficient (Wildman–Crippen LogP) is 5.02. The molecule has 0 N–H and O–H groups in total. The minimum absolute atomic E-state index is 0.773. The third-order valence-corrected chi connectivity index (χ3v) is 20.5. The van der Waals surface area contributed by atoms with Crippen molar-refractivity contribution in [3.63, 3.8) is 0 Å². The Labute approximate surface area is 131 Å². The Kier molecular flexibility index (Phi) is 9.22. The molecule has 117 valence electrons. The molecule has 1 rings (SSSR count). The normalized spacial score (nSPS) is 16.8. The summed E-state index contributed by atoms with van der Waals surface area (Å²) in [6.07, 6.45) is 11.5. The van der Waals surface area contributed by atoms with Gasteiger partial charge in [0.1, 0.15) is 0 Å². The molecule has 1 aliphatic heterocycles. The molecule has 1 aliphatic rings. The molecular formula is C17H35N2Sn. The average molecular weight is 386 g/mol. The van der Waals surface area contributed by atoms with Crippen LogP contribution in [0.4, 0.5) is 0 Å². The van der Waals surface area contributed by atoms with Crippen molar-refractivity contribution in [2.24, 2.45) is 0 Å². The first-order chi connectivity index (χ1) is 9.70. The first-order valence-corrected chi connectivity index (χ1v) is 16.4. The molecule has 1 fully saturated rings. The number of amidine groups is 1. The number of rotatable bonds is 10. The Morgan fingerprint density at radius 3 is 1.80 bits per heavy atom. The fourth-order valence-electron chi connectivity index (χ4n) is 3.63. The molecule has 1 saturated heterocycles. The van der Waals surface area contributed by atoms with E-state index in [1.807, 2.05) is 0 Å². The van der Waals surface area contributed by atoms with Gasteiger partial charge in [0, 0.05) is 0 Å². The van der Waals surface area contributed by atoms with Gasteiger partial charge in [0.15, 0.2) is 0 Å². The van der Waals surface area contributed by atoms with E-state index >= 15 is 0 Å². The van der Waals surface area contributed by atoms with Crippen LogP contribution in [0.1, 0.15) is 78.6 Å². The topological polar surface area (TPSA) is 25.5 Å². The molecule has 0 aromatic heterocycles. The minimum atomic E-state index is -2.35. The van der Waals surface area contributed by atoms with Crippen molar-refractivity contribution in [1.82, 2.24) is 8.53 Å². The van der Waals surface area contributed by atoms with Crippen LogP contribution in [0.25, 0.3) is 0 Å². The summed E-state index contributed by atoms with van der Waals surface area (Å²) in [4.78, 5) is 0. The molecule has 3 heteroatoms. The van der Waals surface area contributed by atoms with Gasteiger partial charge in [0.25, 0.3) is 0 Å². The molecule has 1 radical (unpaired) electrons. The van der Waals surface area contributed by atoms with Crippen molar-refractivity contribution in [2.75, 3.05) is 6.54 Å². The van der Waals surface area contributed by atoms with Crippen LogP contribution >= 0.6 is 0 Å². The van der Waals surface area contributed by atoms with Crippen LogP contribution in [0.2, 0.25) is 13.3 Å². The Bertz CT molecular complexity index is 256. The zero-order valence-electron chi connectivity index (χ0n) is 14.1. The maximum absolute atomic E-state index is 10.5. The molecule has 0 amide bonds. The number of nitrogens with zero attached hydrogens (tertiary/aromatic N) is 2. The van der Waals surface area contributed by atoms with Gasteiger partial charge in [-0.1, -0.05) is 0 Å². The second kappa shape index (κ2) is 10.1. The molecule has 0 aromatic rings. The van der Waals surface area contributed by atoms with Gasteiger partial charge in [-0.25, -0.2) is 0 Å². The molecule has 0 unspecified atom stereocenters. The maximum atomic E-state index is 10.5. The van der Waals surface area contributed by atoms with Gasteiger partial charge in [-0.2, -0.15) is 0 Å². The summed E-state index contributed by atoms with van der Waals surface area (Å²) in [5.41, 5.74) is 0. The second-order valence-corrected chi connectivity index (χ2v) is 19.4. The van der Waals surface area contributed by atoms with Crippen molar-refractivity contribution in [2.45, 2.75) is 91.9 Å². The quantitative estimate of drug-likeness (QED) is 0.485.